The van der Waals surface area contributed by atoms with Gasteiger partial charge in [-0.1, -0.05) is 0 Å². The fourth-order valence-corrected chi connectivity index (χ4v) is 1.91. The number of nitrogens with one attached hydrogen (secondary N) is 1. The van der Waals surface area contributed by atoms with Gasteiger partial charge >= 0.3 is 6.09 Å². The molecule has 5 nitrogen and oxygen atoms in total. The molecule has 0 bridgehead atoms. The minimum absolute atomic E-state index is 0.247. The molecule has 0 saturated heterocycles. The fraction of sp³-hybridized carbons (Fsp3) is 0.636. The SMILES string of the molecule is Bc1[nH]nc2c1CN(C(=O)OC(C)(C)C)CC2. The molecule has 0 aliphatic carbocycles. The van der Waals surface area contributed by atoms with Crippen LogP contribution in [0.5, 0.6) is 0 Å². The number of hydrogen-bond donors (Lipinski definition) is 1. The van der Waals surface area contributed by atoms with Crippen LogP contribution in [0.3, 0.4) is 0 Å². The van der Waals surface area contributed by atoms with Crippen molar-refractivity contribution in [3.05, 3.63) is 11.3 Å². The summed E-state index contributed by atoms with van der Waals surface area (Å²) in [5.74, 6) is 0. The van der Waals surface area contributed by atoms with Crippen molar-refractivity contribution in [2.45, 2.75) is 39.3 Å². The van der Waals surface area contributed by atoms with Crippen molar-refractivity contribution >= 4 is 19.5 Å². The van der Waals surface area contributed by atoms with Gasteiger partial charge in [0, 0.05) is 18.5 Å². The molecule has 0 saturated carbocycles. The van der Waals surface area contributed by atoms with E-state index in [1.54, 1.807) is 4.90 Å². The molecule has 1 aromatic rings. The van der Waals surface area contributed by atoms with Crippen LogP contribution in [0, 0.1) is 0 Å². The van der Waals surface area contributed by atoms with Gasteiger partial charge in [-0.3, -0.25) is 5.10 Å². The van der Waals surface area contributed by atoms with E-state index in [9.17, 15) is 4.79 Å². The predicted molar refractivity (Wildman–Crippen MR) is 67.1 cm³/mol. The lowest BCUT2D eigenvalue weighted by molar-refractivity contribution is 0.0224. The summed E-state index contributed by atoms with van der Waals surface area (Å²) in [5.41, 5.74) is 2.79. The van der Waals surface area contributed by atoms with Crippen LogP contribution >= 0.6 is 0 Å². The summed E-state index contributed by atoms with van der Waals surface area (Å²) in [4.78, 5) is 13.7. The zero-order valence-electron chi connectivity index (χ0n) is 10.8. The van der Waals surface area contributed by atoms with E-state index in [2.05, 4.69) is 10.2 Å². The van der Waals surface area contributed by atoms with Gasteiger partial charge in [-0.05, 0) is 26.4 Å². The second kappa shape index (κ2) is 4.09. The van der Waals surface area contributed by atoms with Crippen LogP contribution in [0.25, 0.3) is 0 Å². The Hall–Kier alpha value is -1.46. The van der Waals surface area contributed by atoms with Gasteiger partial charge in [0.25, 0.3) is 0 Å². The van der Waals surface area contributed by atoms with E-state index in [-0.39, 0.29) is 6.09 Å². The summed E-state index contributed by atoms with van der Waals surface area (Å²) in [7, 11) is 1.98. The Morgan fingerprint density at radius 3 is 2.88 bits per heavy atom. The Morgan fingerprint density at radius 1 is 1.53 bits per heavy atom. The third-order valence-electron chi connectivity index (χ3n) is 2.78. The molecule has 0 radical (unpaired) electrons. The minimum atomic E-state index is -0.442. The number of aromatic amines is 1. The monoisotopic (exact) mass is 235 g/mol. The van der Waals surface area contributed by atoms with Crippen LogP contribution in [0.15, 0.2) is 0 Å². The van der Waals surface area contributed by atoms with Crippen molar-refractivity contribution < 1.29 is 9.53 Å². The molecule has 2 rings (SSSR count). The Kier molecular flexibility index (Phi) is 2.89. The van der Waals surface area contributed by atoms with E-state index in [1.165, 1.54) is 0 Å². The highest BCUT2D eigenvalue weighted by Gasteiger charge is 2.27. The number of hydrogen-bond acceptors (Lipinski definition) is 3. The van der Waals surface area contributed by atoms with Crippen LogP contribution in [0.4, 0.5) is 4.79 Å². The van der Waals surface area contributed by atoms with Gasteiger partial charge in [-0.25, -0.2) is 4.79 Å². The average molecular weight is 235 g/mol. The maximum Gasteiger partial charge on any atom is 0.410 e. The van der Waals surface area contributed by atoms with Crippen molar-refractivity contribution in [3.63, 3.8) is 0 Å². The summed E-state index contributed by atoms with van der Waals surface area (Å²) in [5, 5.41) is 7.18. The van der Waals surface area contributed by atoms with Crippen LogP contribution in [0.2, 0.25) is 0 Å². The lowest BCUT2D eigenvalue weighted by Crippen LogP contribution is -2.40. The van der Waals surface area contributed by atoms with Gasteiger partial charge in [0.05, 0.1) is 12.2 Å². The number of carbonyl (C=O) groups excluding carboxylic acids is 1. The summed E-state index contributed by atoms with van der Waals surface area (Å²) in [6, 6.07) is 0. The molecule has 6 heteroatoms. The minimum Gasteiger partial charge on any atom is -0.444 e. The largest absolute Gasteiger partial charge is 0.444 e. The molecular formula is C11H18BN3O2. The molecule has 1 aromatic heterocycles. The average Bonchev–Trinajstić information content (AvgIpc) is 2.57. The van der Waals surface area contributed by atoms with Crippen LogP contribution in [-0.2, 0) is 17.7 Å². The van der Waals surface area contributed by atoms with Gasteiger partial charge in [0.2, 0.25) is 0 Å². The Morgan fingerprint density at radius 2 is 2.24 bits per heavy atom. The molecule has 1 N–H and O–H groups in total. The normalized spacial score (nSPS) is 15.6. The second-order valence-electron chi connectivity index (χ2n) is 5.43. The van der Waals surface area contributed by atoms with Gasteiger partial charge < -0.3 is 9.64 Å². The smallest absolute Gasteiger partial charge is 0.410 e. The fourth-order valence-electron chi connectivity index (χ4n) is 1.91. The Bertz CT molecular complexity index is 436. The molecule has 0 fully saturated rings. The van der Waals surface area contributed by atoms with Crippen molar-refractivity contribution in [2.75, 3.05) is 6.54 Å². The van der Waals surface area contributed by atoms with Gasteiger partial charge in [-0.15, -0.1) is 0 Å². The highest BCUT2D eigenvalue weighted by atomic mass is 16.6. The highest BCUT2D eigenvalue weighted by molar-refractivity contribution is 6.31. The van der Waals surface area contributed by atoms with E-state index in [0.717, 1.165) is 23.3 Å². The first-order valence-corrected chi connectivity index (χ1v) is 5.87. The first kappa shape index (κ1) is 12.0. The summed E-state index contributed by atoms with van der Waals surface area (Å²) < 4.78 is 5.37. The highest BCUT2D eigenvalue weighted by Crippen LogP contribution is 2.17. The predicted octanol–water partition coefficient (Wildman–Crippen LogP) is -0.0387. The molecule has 17 heavy (non-hydrogen) atoms. The first-order chi connectivity index (χ1) is 7.87. The summed E-state index contributed by atoms with van der Waals surface area (Å²) in [6.45, 7) is 6.90. The quantitative estimate of drug-likeness (QED) is 0.642. The van der Waals surface area contributed by atoms with E-state index in [0.29, 0.717) is 13.1 Å². The molecule has 0 spiro atoms. The first-order valence-electron chi connectivity index (χ1n) is 5.87. The van der Waals surface area contributed by atoms with Crippen LogP contribution < -0.4 is 5.59 Å². The molecule has 1 aliphatic heterocycles. The Balaban J connectivity index is 2.07. The molecule has 0 atom stereocenters. The number of nitrogens with zero attached hydrogens (tertiary/aromatic N) is 2. The zero-order chi connectivity index (χ0) is 12.6. The second-order valence-corrected chi connectivity index (χ2v) is 5.43. The third kappa shape index (κ3) is 2.62. The summed E-state index contributed by atoms with van der Waals surface area (Å²) in [6.07, 6.45) is 0.544. The number of carbonyl (C=O) groups is 1. The zero-order valence-corrected chi connectivity index (χ0v) is 10.8. The van der Waals surface area contributed by atoms with Gasteiger partial charge in [0.1, 0.15) is 5.60 Å². The van der Waals surface area contributed by atoms with Crippen molar-refractivity contribution in [3.8, 4) is 0 Å². The van der Waals surface area contributed by atoms with Gasteiger partial charge in [0.15, 0.2) is 7.85 Å². The number of rotatable bonds is 0. The van der Waals surface area contributed by atoms with E-state index >= 15 is 0 Å². The van der Waals surface area contributed by atoms with E-state index < -0.39 is 5.60 Å². The lowest BCUT2D eigenvalue weighted by atomic mass is 9.95. The van der Waals surface area contributed by atoms with Crippen molar-refractivity contribution in [1.29, 1.82) is 0 Å². The summed E-state index contributed by atoms with van der Waals surface area (Å²) >= 11 is 0. The lowest BCUT2D eigenvalue weighted by Gasteiger charge is -2.29. The third-order valence-corrected chi connectivity index (χ3v) is 2.78. The maximum absolute atomic E-state index is 11.9. The molecule has 1 aliphatic rings. The topological polar surface area (TPSA) is 58.2 Å². The van der Waals surface area contributed by atoms with E-state index in [1.807, 2.05) is 28.6 Å². The van der Waals surface area contributed by atoms with Crippen LogP contribution in [-0.4, -0.2) is 41.2 Å². The number of ether oxygens (including phenoxy) is 1. The molecule has 0 unspecified atom stereocenters. The van der Waals surface area contributed by atoms with E-state index in [4.69, 9.17) is 4.74 Å². The van der Waals surface area contributed by atoms with Crippen molar-refractivity contribution in [1.82, 2.24) is 15.1 Å². The number of amides is 1. The molecule has 92 valence electrons. The van der Waals surface area contributed by atoms with Crippen LogP contribution in [0.1, 0.15) is 32.0 Å². The molecule has 0 aromatic carbocycles. The number of fused-ring (bicyclic) bond motifs is 1. The van der Waals surface area contributed by atoms with Gasteiger partial charge in [-0.2, -0.15) is 5.10 Å². The molecule has 1 amide bonds. The maximum atomic E-state index is 11.9. The Labute approximate surface area is 102 Å². The molecule has 2 heterocycles. The number of aromatic nitrogens is 2. The number of H-pyrrole nitrogens is 1. The standard InChI is InChI=1S/C11H18BN3O2/c1-11(2,3)17-10(16)15-5-4-8-7(6-15)9(12)14-13-8/h4-6,12H2,1-3H3,(H,13,14). The molecular weight excluding hydrogens is 217 g/mol. The van der Waals surface area contributed by atoms with Crippen molar-refractivity contribution in [2.24, 2.45) is 0 Å².